The summed E-state index contributed by atoms with van der Waals surface area (Å²) in [5.41, 5.74) is 16.3. The monoisotopic (exact) mass is 2010 g/mol. The van der Waals surface area contributed by atoms with Crippen LogP contribution in [0, 0.1) is 0 Å². The quantitative estimate of drug-likeness (QED) is 0.390. The summed E-state index contributed by atoms with van der Waals surface area (Å²) >= 11 is 9.63. The van der Waals surface area contributed by atoms with Crippen LogP contribution >= 0.6 is 0 Å². The maximum Gasteiger partial charge on any atom is 0.0551 e. The third kappa shape index (κ3) is 42.2. The molecule has 2 atom stereocenters. The van der Waals surface area contributed by atoms with Crippen LogP contribution in [-0.2, 0) is 513 Å². The third-order valence-electron chi connectivity index (χ3n) is 6.44. The number of nitrogens with zero attached hydrogens (tertiary/aromatic N) is 1. The van der Waals surface area contributed by atoms with E-state index in [1.807, 2.05) is 355 Å². The molecule has 2 aliphatic heterocycles. The van der Waals surface area contributed by atoms with E-state index in [0.717, 1.165) is 0 Å². The summed E-state index contributed by atoms with van der Waals surface area (Å²) in [6.07, 6.45) is 2.41. The summed E-state index contributed by atoms with van der Waals surface area (Å²) in [4.78, 5) is 2.48. The lowest BCUT2D eigenvalue weighted by Gasteiger charge is -2.31. The molecule has 2 unspecified atom stereocenters. The Labute approximate surface area is 581 Å². The van der Waals surface area contributed by atoms with Gasteiger partial charge in [-0.3, -0.25) is 4.90 Å². The minimum atomic E-state index is 0.145. The van der Waals surface area contributed by atoms with E-state index in [1.54, 1.807) is 107 Å². The standard InChI is InChI=1S/C13H19N3.S56/c1-12-4-5-13(2,16(12)3)9-7-11(15)10(14)6-8(9)12;1-3-5-7-9-11-13-15-17-19-21-23-25-27-29-31-33-35-37-39-41-43-45-47-49-51-53-55-56-54-52-50-48-46-44-42-40-38-36-34-32-30-28-26-24-22-20-18-16-14-12-10-8-6-4-2/h6-7H,4-5,14-15H2,1-3H3;. The van der Waals surface area contributed by atoms with Crippen LogP contribution in [0.5, 0.6) is 0 Å². The molecule has 2 heterocycles. The number of anilines is 2. The van der Waals surface area contributed by atoms with Crippen molar-refractivity contribution in [2.24, 2.45) is 0 Å². The topological polar surface area (TPSA) is 55.3 Å². The average molecular weight is 2010 g/mol. The van der Waals surface area contributed by atoms with E-state index in [9.17, 15) is 0 Å². The van der Waals surface area contributed by atoms with Crippen LogP contribution in [0.15, 0.2) is 12.1 Å². The van der Waals surface area contributed by atoms with Crippen LogP contribution < -0.4 is 11.5 Å². The van der Waals surface area contributed by atoms with Gasteiger partial charge < -0.3 is 11.5 Å². The van der Waals surface area contributed by atoms with Gasteiger partial charge in [0.25, 0.3) is 0 Å². The molecule has 1 aromatic rings. The highest BCUT2D eigenvalue weighted by atomic mass is 33.5. The first-order chi connectivity index (χ1) is 35.3. The molecule has 0 amide bonds. The van der Waals surface area contributed by atoms with E-state index in [-0.39, 0.29) is 11.1 Å². The number of nitrogens with two attached hydrogens (primary N) is 2. The van der Waals surface area contributed by atoms with Gasteiger partial charge in [-0.1, -0.05) is 0 Å². The number of nitrogen functional groups attached to an aromatic ring is 2. The Bertz CT molecular complexity index is 4540. The van der Waals surface area contributed by atoms with Crippen LogP contribution in [0.25, 0.3) is 0 Å². The summed E-state index contributed by atoms with van der Waals surface area (Å²) in [5.74, 6) is 0. The SMILES string of the molecule is CN1C2(C)CCC1(C)c1cc(N)c(N)cc12.S=S=S=S=S=S=S=S=S=S=S=S=S=S=S=S=S=S=S=S=S=S=S=S=S=S=S=S=S=S=S=S=S=S=S=S=S=S=S=S=S=S=S=S=S=S=S=S=S=S=S=S=S=S=S=S. The van der Waals surface area contributed by atoms with Crippen LogP contribution in [0.3, 0.4) is 0 Å². The molecule has 422 valence electrons. The summed E-state index contributed by atoms with van der Waals surface area (Å²) in [5, 5.41) is 0. The van der Waals surface area contributed by atoms with E-state index < -0.39 is 0 Å². The van der Waals surface area contributed by atoms with Gasteiger partial charge in [-0.25, -0.2) is 0 Å². The minimum Gasteiger partial charge on any atom is -0.397 e. The molecule has 1 fully saturated rings. The normalized spacial score (nSPS) is 14.2. The van der Waals surface area contributed by atoms with Gasteiger partial charge in [-0.05, 0) is 57.0 Å². The van der Waals surface area contributed by atoms with E-state index in [1.165, 1.54) is 41.7 Å². The highest BCUT2D eigenvalue weighted by Crippen LogP contribution is 2.60. The predicted octanol–water partition coefficient (Wildman–Crippen LogP) is 1.89. The molecule has 1 aromatic carbocycles. The molecule has 0 spiro atoms. The van der Waals surface area contributed by atoms with Crippen molar-refractivity contribution in [2.45, 2.75) is 37.8 Å². The lowest BCUT2D eigenvalue weighted by molar-refractivity contribution is 0.120. The zero-order valence-corrected chi connectivity index (χ0v) is 78.8. The first kappa shape index (κ1) is 79.2. The van der Waals surface area contributed by atoms with Gasteiger partial charge in [0.05, 0.1) is 11.4 Å². The summed E-state index contributed by atoms with van der Waals surface area (Å²) < 4.78 is 0. The maximum absolute atomic E-state index is 5.93. The van der Waals surface area contributed by atoms with Crippen molar-refractivity contribution < 1.29 is 0 Å². The van der Waals surface area contributed by atoms with Crippen LogP contribution in [-0.4, -0.2) is 11.9 Å². The Balaban J connectivity index is 0.000000915. The van der Waals surface area contributed by atoms with Gasteiger partial charge >= 0.3 is 0 Å². The highest BCUT2D eigenvalue weighted by molar-refractivity contribution is 8.83. The molecule has 0 aliphatic carbocycles. The lowest BCUT2D eigenvalue weighted by atomic mass is 9.78. The number of fused-ring (bicyclic) bond motifs is 5. The zero-order chi connectivity index (χ0) is 51.9. The van der Waals surface area contributed by atoms with Gasteiger partial charge in [0.2, 0.25) is 0 Å². The molecule has 4 N–H and O–H groups in total. The highest BCUT2D eigenvalue weighted by Gasteiger charge is 2.57. The van der Waals surface area contributed by atoms with Gasteiger partial charge in [0.15, 0.2) is 0 Å². The fourth-order valence-corrected chi connectivity index (χ4v) is 147. The Morgan fingerprint density at radius 2 is 0.417 bits per heavy atom. The molecule has 3 nitrogen and oxygen atoms in total. The molecular weight excluding hydrogens is 1990 g/mol. The fraction of sp³-hybridized carbons (Fsp3) is 0.538. The smallest absolute Gasteiger partial charge is 0.0551 e. The second-order valence-electron chi connectivity index (χ2n) is 9.31. The molecule has 0 radical (unpaired) electrons. The van der Waals surface area contributed by atoms with Crippen molar-refractivity contribution in [1.29, 1.82) is 0 Å². The number of hydrogen-bond donors (Lipinski definition) is 2. The molecule has 72 heavy (non-hydrogen) atoms. The van der Waals surface area contributed by atoms with Crippen molar-refractivity contribution in [3.8, 4) is 0 Å². The first-order valence-electron chi connectivity index (χ1n) is 15.0. The van der Waals surface area contributed by atoms with Crippen molar-refractivity contribution in [2.75, 3.05) is 18.5 Å². The van der Waals surface area contributed by atoms with Gasteiger partial charge in [0.1, 0.15) is 0 Å². The molecule has 2 bridgehead atoms. The van der Waals surface area contributed by atoms with Crippen molar-refractivity contribution >= 4 is 513 Å². The molecule has 0 aromatic heterocycles. The lowest BCUT2D eigenvalue weighted by Crippen LogP contribution is -2.37. The zero-order valence-electron chi connectivity index (χ0n) is 33.0. The van der Waals surface area contributed by atoms with Crippen molar-refractivity contribution in [3.05, 3.63) is 23.3 Å². The first-order valence-corrected chi connectivity index (χ1v) is 88.3. The third-order valence-corrected chi connectivity index (χ3v) is 124. The van der Waals surface area contributed by atoms with Crippen molar-refractivity contribution in [1.82, 2.24) is 4.90 Å². The summed E-state index contributed by atoms with van der Waals surface area (Å²) in [7, 11) is 98.9. The van der Waals surface area contributed by atoms with Gasteiger partial charge in [0, 0.05) is 513 Å². The predicted molar refractivity (Wildman–Crippen MR) is 479 cm³/mol. The molecule has 59 heteroatoms. The molecule has 0 saturated carbocycles. The van der Waals surface area contributed by atoms with Crippen LogP contribution in [0.2, 0.25) is 0 Å². The van der Waals surface area contributed by atoms with E-state index in [0.29, 0.717) is 11.4 Å². The number of rotatable bonds is 0. The molecular formula is C13H19N3S56. The Hall–Kier alpha value is 11.1. The Kier molecular flexibility index (Phi) is 64.3. The maximum atomic E-state index is 5.93. The second kappa shape index (κ2) is 58.5. The molecule has 1 saturated heterocycles. The van der Waals surface area contributed by atoms with Gasteiger partial charge in [-0.15, -0.1) is 0 Å². The van der Waals surface area contributed by atoms with Crippen molar-refractivity contribution in [3.63, 3.8) is 0 Å². The molecule has 3 rings (SSSR count). The summed E-state index contributed by atoms with van der Waals surface area (Å²) in [6.45, 7) is 4.61. The van der Waals surface area contributed by atoms with E-state index in [4.69, 9.17) is 33.8 Å². The minimum absolute atomic E-state index is 0.145. The van der Waals surface area contributed by atoms with E-state index >= 15 is 0 Å². The fourth-order valence-electron chi connectivity index (χ4n) is 4.11. The Morgan fingerprint density at radius 3 is 0.542 bits per heavy atom. The number of benzene rings is 1. The second-order valence-corrected chi connectivity index (χ2v) is 105. The Morgan fingerprint density at radius 1 is 0.292 bits per heavy atom. The van der Waals surface area contributed by atoms with Crippen LogP contribution in [0.4, 0.5) is 11.4 Å². The largest absolute Gasteiger partial charge is 0.397 e. The summed E-state index contributed by atoms with van der Waals surface area (Å²) in [6, 6.07) is 4.15. The van der Waals surface area contributed by atoms with Gasteiger partial charge in [-0.2, -0.15) is 0 Å². The number of hydrogen-bond acceptors (Lipinski definition) is 5. The molecule has 2 aliphatic rings. The average Bonchev–Trinajstić information content (AvgIpc) is 3.70. The van der Waals surface area contributed by atoms with E-state index in [2.05, 4.69) is 37.9 Å². The van der Waals surface area contributed by atoms with Crippen LogP contribution in [0.1, 0.15) is 37.8 Å².